The molecule has 0 spiro atoms. The van der Waals surface area contributed by atoms with Crippen molar-refractivity contribution in [3.05, 3.63) is 52.5 Å². The first-order valence-electron chi connectivity index (χ1n) is 9.55. The third-order valence-electron chi connectivity index (χ3n) is 4.72. The van der Waals surface area contributed by atoms with Gasteiger partial charge in [-0.2, -0.15) is 0 Å². The van der Waals surface area contributed by atoms with Crippen molar-refractivity contribution in [1.29, 1.82) is 0 Å². The smallest absolute Gasteiger partial charge is 0.342 e. The summed E-state index contributed by atoms with van der Waals surface area (Å²) in [5, 5.41) is 37.2. The second-order valence-electron chi connectivity index (χ2n) is 6.76. The number of β-amino-alcohol motifs (C(OH)–C–C–N with tert-alkyl or cyclic N) is 1. The monoisotopic (exact) mass is 407 g/mol. The molecule has 10 nitrogen and oxygen atoms in total. The normalized spacial score (nSPS) is 15.5. The van der Waals surface area contributed by atoms with Crippen molar-refractivity contribution >= 4 is 11.5 Å². The first-order valence-corrected chi connectivity index (χ1v) is 9.55. The molecule has 0 aliphatic carbocycles. The minimum Gasteiger partial charge on any atom is -0.394 e. The molecule has 29 heavy (non-hydrogen) atoms. The van der Waals surface area contributed by atoms with Crippen molar-refractivity contribution in [2.45, 2.75) is 19.6 Å². The fraction of sp³-hybridized carbons (Fsp3) is 0.526. The van der Waals surface area contributed by atoms with Gasteiger partial charge in [-0.15, -0.1) is 0 Å². The molecular formula is C19H29N5O5. The molecule has 0 radical (unpaired) electrons. The number of rotatable bonds is 7. The van der Waals surface area contributed by atoms with E-state index in [4.69, 9.17) is 10.2 Å². The van der Waals surface area contributed by atoms with E-state index in [0.717, 1.165) is 26.2 Å². The van der Waals surface area contributed by atoms with Gasteiger partial charge in [0.25, 0.3) is 0 Å². The van der Waals surface area contributed by atoms with Crippen LogP contribution in [0.25, 0.3) is 0 Å². The van der Waals surface area contributed by atoms with E-state index in [1.807, 2.05) is 6.07 Å². The number of imidazole rings is 1. The van der Waals surface area contributed by atoms with Crippen molar-refractivity contribution in [2.75, 3.05) is 50.8 Å². The van der Waals surface area contributed by atoms with Gasteiger partial charge in [-0.25, -0.2) is 9.55 Å². The van der Waals surface area contributed by atoms with E-state index in [1.54, 1.807) is 6.92 Å². The van der Waals surface area contributed by atoms with E-state index in [2.05, 4.69) is 39.0 Å². The van der Waals surface area contributed by atoms with Gasteiger partial charge in [0, 0.05) is 45.3 Å². The number of aryl methyl sites for hydroxylation is 1. The molecule has 0 bridgehead atoms. The fourth-order valence-corrected chi connectivity index (χ4v) is 3.16. The van der Waals surface area contributed by atoms with Gasteiger partial charge in [0.2, 0.25) is 0 Å². The Balaban J connectivity index is 0.000000221. The standard InChI is InChI=1S/C13H20N2O2.C6H9N3O3/c16-11-13(17)10-14-6-8-15(9-7-14)12-4-2-1-3-5-12;1-5-7-4-6(9(11)12)8(5)2-3-10/h1-5,13,16-17H,6-11H2;4,10H,2-3H2,1H3. The SMILES string of the molecule is Cc1ncc([N+](=O)[O-])n1CCO.OCC(O)CN1CCN(c2ccccc2)CC1. The van der Waals surface area contributed by atoms with Crippen LogP contribution in [0.4, 0.5) is 11.5 Å². The number of nitrogens with zero attached hydrogens (tertiary/aromatic N) is 5. The summed E-state index contributed by atoms with van der Waals surface area (Å²) >= 11 is 0. The van der Waals surface area contributed by atoms with Crippen LogP contribution in [-0.4, -0.2) is 86.7 Å². The molecule has 2 heterocycles. The maximum atomic E-state index is 10.4. The molecule has 1 atom stereocenters. The zero-order valence-electron chi connectivity index (χ0n) is 16.6. The Morgan fingerprint density at radius 2 is 1.83 bits per heavy atom. The van der Waals surface area contributed by atoms with Crippen LogP contribution in [0.15, 0.2) is 36.5 Å². The van der Waals surface area contributed by atoms with Crippen LogP contribution in [-0.2, 0) is 6.54 Å². The number of aliphatic hydroxyl groups excluding tert-OH is 3. The lowest BCUT2D eigenvalue weighted by atomic mass is 10.2. The lowest BCUT2D eigenvalue weighted by Crippen LogP contribution is -2.49. The third kappa shape index (κ3) is 6.79. The number of benzene rings is 1. The van der Waals surface area contributed by atoms with E-state index in [-0.39, 0.29) is 25.6 Å². The maximum Gasteiger partial charge on any atom is 0.342 e. The molecule has 0 saturated carbocycles. The maximum absolute atomic E-state index is 10.4. The molecule has 1 aromatic carbocycles. The van der Waals surface area contributed by atoms with E-state index in [9.17, 15) is 15.2 Å². The molecule has 1 aliphatic heterocycles. The van der Waals surface area contributed by atoms with Crippen molar-refractivity contribution in [3.63, 3.8) is 0 Å². The van der Waals surface area contributed by atoms with Gasteiger partial charge >= 0.3 is 5.82 Å². The predicted molar refractivity (Wildman–Crippen MR) is 109 cm³/mol. The number of anilines is 1. The summed E-state index contributed by atoms with van der Waals surface area (Å²) in [4.78, 5) is 18.2. The summed E-state index contributed by atoms with van der Waals surface area (Å²) < 4.78 is 1.36. The van der Waals surface area contributed by atoms with Crippen LogP contribution in [0.2, 0.25) is 0 Å². The van der Waals surface area contributed by atoms with Crippen LogP contribution in [0.5, 0.6) is 0 Å². The molecule has 1 fully saturated rings. The van der Waals surface area contributed by atoms with Gasteiger partial charge in [-0.1, -0.05) is 18.2 Å². The molecule has 0 amide bonds. The Bertz CT molecular complexity index is 747. The van der Waals surface area contributed by atoms with Crippen molar-refractivity contribution in [1.82, 2.24) is 14.5 Å². The quantitative estimate of drug-likeness (QED) is 0.440. The summed E-state index contributed by atoms with van der Waals surface area (Å²) in [5.41, 5.74) is 1.26. The van der Waals surface area contributed by atoms with E-state index < -0.39 is 11.0 Å². The number of hydrogen-bond donors (Lipinski definition) is 3. The Labute approximate surface area is 169 Å². The summed E-state index contributed by atoms with van der Waals surface area (Å²) in [7, 11) is 0. The minimum atomic E-state index is -0.613. The molecule has 10 heteroatoms. The van der Waals surface area contributed by atoms with E-state index >= 15 is 0 Å². The zero-order valence-corrected chi connectivity index (χ0v) is 16.6. The molecular weight excluding hydrogens is 378 g/mol. The van der Waals surface area contributed by atoms with E-state index in [0.29, 0.717) is 12.4 Å². The predicted octanol–water partition coefficient (Wildman–Crippen LogP) is 0.254. The number of nitro groups is 1. The Morgan fingerprint density at radius 1 is 1.17 bits per heavy atom. The van der Waals surface area contributed by atoms with Gasteiger partial charge in [-0.3, -0.25) is 4.90 Å². The highest BCUT2D eigenvalue weighted by Gasteiger charge is 2.19. The molecule has 1 aromatic heterocycles. The van der Waals surface area contributed by atoms with Gasteiger partial charge in [0.05, 0.1) is 19.3 Å². The number of piperazine rings is 1. The number of aliphatic hydroxyl groups is 3. The highest BCUT2D eigenvalue weighted by Crippen LogP contribution is 2.15. The molecule has 1 aliphatic rings. The van der Waals surface area contributed by atoms with Gasteiger partial charge in [-0.05, 0) is 17.1 Å². The first kappa shape index (κ1) is 22.8. The number of hydrogen-bond acceptors (Lipinski definition) is 8. The van der Waals surface area contributed by atoms with Crippen LogP contribution in [0, 0.1) is 17.0 Å². The summed E-state index contributed by atoms with van der Waals surface area (Å²) in [6, 6.07) is 10.4. The second kappa shape index (κ2) is 11.5. The van der Waals surface area contributed by atoms with Crippen molar-refractivity contribution in [3.8, 4) is 0 Å². The van der Waals surface area contributed by atoms with Crippen molar-refractivity contribution < 1.29 is 20.2 Å². The van der Waals surface area contributed by atoms with Gasteiger partial charge in [0.1, 0.15) is 12.7 Å². The highest BCUT2D eigenvalue weighted by molar-refractivity contribution is 5.46. The van der Waals surface area contributed by atoms with Gasteiger partial charge in [0.15, 0.2) is 5.82 Å². The van der Waals surface area contributed by atoms with Crippen LogP contribution < -0.4 is 4.90 Å². The zero-order chi connectivity index (χ0) is 21.2. The van der Waals surface area contributed by atoms with Crippen LogP contribution >= 0.6 is 0 Å². The largest absolute Gasteiger partial charge is 0.394 e. The average Bonchev–Trinajstić information content (AvgIpc) is 3.10. The molecule has 3 N–H and O–H groups in total. The van der Waals surface area contributed by atoms with Gasteiger partial charge < -0.3 is 30.3 Å². The summed E-state index contributed by atoms with van der Waals surface area (Å²) in [6.07, 6.45) is 0.573. The summed E-state index contributed by atoms with van der Waals surface area (Å²) in [5.74, 6) is 0.456. The topological polar surface area (TPSA) is 128 Å². The van der Waals surface area contributed by atoms with Crippen LogP contribution in [0.3, 0.4) is 0 Å². The molecule has 1 saturated heterocycles. The van der Waals surface area contributed by atoms with E-state index in [1.165, 1.54) is 16.5 Å². The average molecular weight is 407 g/mol. The molecule has 1 unspecified atom stereocenters. The Morgan fingerprint density at radius 3 is 2.38 bits per heavy atom. The Hall–Kier alpha value is -2.53. The molecule has 160 valence electrons. The number of para-hydroxylation sites is 1. The lowest BCUT2D eigenvalue weighted by Gasteiger charge is -2.36. The Kier molecular flexibility index (Phi) is 9.00. The third-order valence-corrected chi connectivity index (χ3v) is 4.72. The fourth-order valence-electron chi connectivity index (χ4n) is 3.16. The van der Waals surface area contributed by atoms with Crippen molar-refractivity contribution in [2.24, 2.45) is 0 Å². The second-order valence-corrected chi connectivity index (χ2v) is 6.76. The molecule has 2 aromatic rings. The molecule has 3 rings (SSSR count). The minimum absolute atomic E-state index is 0.0819. The number of aromatic nitrogens is 2. The summed E-state index contributed by atoms with van der Waals surface area (Å²) in [6.45, 7) is 5.98. The lowest BCUT2D eigenvalue weighted by molar-refractivity contribution is -0.392. The highest BCUT2D eigenvalue weighted by atomic mass is 16.6. The first-order chi connectivity index (χ1) is 14.0. The van der Waals surface area contributed by atoms with Crippen LogP contribution in [0.1, 0.15) is 5.82 Å².